The van der Waals surface area contributed by atoms with Crippen molar-refractivity contribution in [2.75, 3.05) is 0 Å². The summed E-state index contributed by atoms with van der Waals surface area (Å²) in [6.45, 7) is 0. The zero-order chi connectivity index (χ0) is 33.2. The molecule has 2 aliphatic heterocycles. The Bertz CT molecular complexity index is 2230. The Balaban J connectivity index is 1.41. The minimum absolute atomic E-state index is 0.0243. The molecule has 0 unspecified atom stereocenters. The van der Waals surface area contributed by atoms with E-state index in [1.54, 1.807) is 24.3 Å². The highest BCUT2D eigenvalue weighted by atomic mass is 16.6. The fraction of sp³-hybridized carbons (Fsp3) is 0.333. The van der Waals surface area contributed by atoms with Crippen LogP contribution in [0.15, 0.2) is 36.4 Å². The monoisotopic (exact) mass is 644 g/mol. The highest BCUT2D eigenvalue weighted by molar-refractivity contribution is 6.43. The van der Waals surface area contributed by atoms with Gasteiger partial charge in [-0.05, 0) is 54.0 Å². The molecule has 0 N–H and O–H groups in total. The van der Waals surface area contributed by atoms with Gasteiger partial charge in [0, 0.05) is 51.5 Å². The molecule has 0 aromatic heterocycles. The van der Waals surface area contributed by atoms with Crippen molar-refractivity contribution < 1.29 is 29.0 Å². The summed E-state index contributed by atoms with van der Waals surface area (Å²) in [5.41, 5.74) is -0.467. The van der Waals surface area contributed by atoms with Gasteiger partial charge in [0.15, 0.2) is 0 Å². The van der Waals surface area contributed by atoms with Gasteiger partial charge in [-0.25, -0.2) is 0 Å². The third kappa shape index (κ3) is 3.59. The largest absolute Gasteiger partial charge is 0.278 e. The van der Waals surface area contributed by atoms with E-state index in [1.807, 2.05) is 0 Å². The normalized spacial score (nSPS) is 19.1. The number of imide groups is 2. The second-order valence-electron chi connectivity index (χ2n) is 13.5. The van der Waals surface area contributed by atoms with Crippen LogP contribution in [0.3, 0.4) is 0 Å². The summed E-state index contributed by atoms with van der Waals surface area (Å²) in [6, 6.07) is 8.02. The topological polar surface area (TPSA) is 161 Å². The number of nitro benzene ring substituents is 2. The van der Waals surface area contributed by atoms with E-state index in [-0.39, 0.29) is 49.8 Å². The number of nitrogens with zero attached hydrogens (tertiary/aromatic N) is 4. The molecule has 0 spiro atoms. The molecule has 4 amide bonds. The summed E-state index contributed by atoms with van der Waals surface area (Å²) in [5.74, 6) is -2.21. The SMILES string of the molecule is O=C1c2ccc3c4c([N+](=O)[O-])cc5c6c(cc([N+](=O)[O-])c(c7ccc(c2c37)C(=O)N1C1CCCCC1)c64)C(=O)N(C1CCCCC1)C5=O. The van der Waals surface area contributed by atoms with E-state index in [9.17, 15) is 39.4 Å². The van der Waals surface area contributed by atoms with Crippen LogP contribution in [0.1, 0.15) is 106 Å². The molecule has 9 rings (SSSR count). The van der Waals surface area contributed by atoms with Crippen LogP contribution in [0.4, 0.5) is 11.4 Å². The van der Waals surface area contributed by atoms with Gasteiger partial charge in [-0.3, -0.25) is 49.2 Å². The van der Waals surface area contributed by atoms with Gasteiger partial charge in [0.25, 0.3) is 35.0 Å². The molecule has 0 radical (unpaired) electrons. The molecule has 12 heteroatoms. The van der Waals surface area contributed by atoms with Crippen LogP contribution in [0.2, 0.25) is 0 Å². The smallest absolute Gasteiger partial charge is 0.271 e. The van der Waals surface area contributed by atoms with Gasteiger partial charge in [-0.1, -0.05) is 50.7 Å². The fourth-order valence-corrected chi connectivity index (χ4v) is 9.09. The first-order valence-electron chi connectivity index (χ1n) is 16.5. The first-order valence-corrected chi connectivity index (χ1v) is 16.5. The number of hydrogen-bond donors (Lipinski definition) is 0. The number of rotatable bonds is 4. The molecule has 5 aromatic rings. The minimum atomic E-state index is -0.649. The van der Waals surface area contributed by atoms with E-state index in [4.69, 9.17) is 0 Å². The summed E-state index contributed by atoms with van der Waals surface area (Å²) < 4.78 is 0. The lowest BCUT2D eigenvalue weighted by Gasteiger charge is -2.36. The van der Waals surface area contributed by atoms with Gasteiger partial charge in [0.1, 0.15) is 0 Å². The molecule has 12 nitrogen and oxygen atoms in total. The molecule has 0 atom stereocenters. The zero-order valence-electron chi connectivity index (χ0n) is 25.7. The fourth-order valence-electron chi connectivity index (χ4n) is 9.09. The van der Waals surface area contributed by atoms with Crippen molar-refractivity contribution in [1.29, 1.82) is 0 Å². The second kappa shape index (κ2) is 9.99. The third-order valence-electron chi connectivity index (χ3n) is 11.1. The highest BCUT2D eigenvalue weighted by Crippen LogP contribution is 2.52. The molecule has 2 aliphatic carbocycles. The molecular formula is C36H28N4O8. The molecule has 2 heterocycles. The number of fused-ring (bicyclic) bond motifs is 2. The molecule has 0 bridgehead atoms. The Kier molecular flexibility index (Phi) is 5.97. The van der Waals surface area contributed by atoms with E-state index in [2.05, 4.69) is 0 Å². The number of hydrogen-bond acceptors (Lipinski definition) is 8. The van der Waals surface area contributed by atoms with Crippen LogP contribution in [0, 0.1) is 20.2 Å². The van der Waals surface area contributed by atoms with Crippen molar-refractivity contribution in [3.63, 3.8) is 0 Å². The molecule has 5 aromatic carbocycles. The van der Waals surface area contributed by atoms with Crippen LogP contribution in [-0.4, -0.2) is 55.4 Å². The van der Waals surface area contributed by atoms with Crippen LogP contribution in [-0.2, 0) is 0 Å². The lowest BCUT2D eigenvalue weighted by molar-refractivity contribution is -0.383. The molecule has 0 saturated heterocycles. The predicted octanol–water partition coefficient (Wildman–Crippen LogP) is 7.41. The Labute approximate surface area is 271 Å². The van der Waals surface area contributed by atoms with Gasteiger partial charge in [0.05, 0.1) is 31.7 Å². The molecule has 2 saturated carbocycles. The summed E-state index contributed by atoms with van der Waals surface area (Å²) in [4.78, 5) is 83.1. The van der Waals surface area contributed by atoms with Crippen molar-refractivity contribution in [3.05, 3.63) is 78.9 Å². The quantitative estimate of drug-likeness (QED) is 0.0642. The maximum atomic E-state index is 14.1. The summed E-state index contributed by atoms with van der Waals surface area (Å²) >= 11 is 0. The van der Waals surface area contributed by atoms with Crippen molar-refractivity contribution in [3.8, 4) is 0 Å². The van der Waals surface area contributed by atoms with E-state index >= 15 is 0 Å². The van der Waals surface area contributed by atoms with Crippen molar-refractivity contribution in [2.24, 2.45) is 0 Å². The van der Waals surface area contributed by atoms with E-state index < -0.39 is 50.9 Å². The zero-order valence-corrected chi connectivity index (χ0v) is 25.7. The van der Waals surface area contributed by atoms with E-state index in [1.165, 1.54) is 17.0 Å². The maximum absolute atomic E-state index is 14.1. The van der Waals surface area contributed by atoms with Gasteiger partial charge >= 0.3 is 0 Å². The Hall–Kier alpha value is -5.52. The lowest BCUT2D eigenvalue weighted by Crippen LogP contribution is -2.48. The molecular weight excluding hydrogens is 616 g/mol. The summed E-state index contributed by atoms with van der Waals surface area (Å²) in [7, 11) is 0. The van der Waals surface area contributed by atoms with Gasteiger partial charge in [0.2, 0.25) is 0 Å². The van der Waals surface area contributed by atoms with E-state index in [0.29, 0.717) is 47.2 Å². The van der Waals surface area contributed by atoms with Gasteiger partial charge in [-0.2, -0.15) is 0 Å². The first kappa shape index (κ1) is 28.7. The number of non-ortho nitro benzene ring substituents is 2. The minimum Gasteiger partial charge on any atom is -0.271 e. The predicted molar refractivity (Wildman–Crippen MR) is 176 cm³/mol. The third-order valence-corrected chi connectivity index (χ3v) is 11.1. The van der Waals surface area contributed by atoms with Crippen molar-refractivity contribution in [1.82, 2.24) is 9.80 Å². The van der Waals surface area contributed by atoms with Crippen molar-refractivity contribution in [2.45, 2.75) is 76.3 Å². The second-order valence-corrected chi connectivity index (χ2v) is 13.5. The highest BCUT2D eigenvalue weighted by Gasteiger charge is 2.44. The number of nitro groups is 2. The summed E-state index contributed by atoms with van der Waals surface area (Å²) in [5, 5.41) is 27.2. The van der Waals surface area contributed by atoms with Crippen LogP contribution in [0.25, 0.3) is 43.1 Å². The lowest BCUT2D eigenvalue weighted by atomic mass is 9.80. The van der Waals surface area contributed by atoms with Crippen LogP contribution >= 0.6 is 0 Å². The van der Waals surface area contributed by atoms with Gasteiger partial charge in [-0.15, -0.1) is 0 Å². The molecule has 240 valence electrons. The average molecular weight is 645 g/mol. The van der Waals surface area contributed by atoms with Crippen LogP contribution in [0.5, 0.6) is 0 Å². The van der Waals surface area contributed by atoms with Crippen molar-refractivity contribution >= 4 is 78.1 Å². The number of benzene rings is 5. The Morgan fingerprint density at radius 3 is 1.25 bits per heavy atom. The molecule has 4 aliphatic rings. The maximum Gasteiger partial charge on any atom is 0.278 e. The number of carbonyl (C=O) groups excluding carboxylic acids is 4. The van der Waals surface area contributed by atoms with Gasteiger partial charge < -0.3 is 0 Å². The Morgan fingerprint density at radius 2 is 0.854 bits per heavy atom. The van der Waals surface area contributed by atoms with Crippen LogP contribution < -0.4 is 0 Å². The number of carbonyl (C=O) groups is 4. The first-order chi connectivity index (χ1) is 23.2. The molecule has 48 heavy (non-hydrogen) atoms. The average Bonchev–Trinajstić information content (AvgIpc) is 3.09. The summed E-state index contributed by atoms with van der Waals surface area (Å²) in [6.07, 6.45) is 8.04. The standard InChI is InChI=1S/C36H28N4O8/c41-33-21-13-11-19-27-20(12-14-22(28(21)27)34(42)37(33)17-7-3-1-4-8-17)31-26(40(47)48)16-24-29-23(15-25(39(45)46)30(19)32(29)31)35(43)38(36(24)44)18-9-5-2-6-10-18/h11-18H,1-10H2. The van der Waals surface area contributed by atoms with E-state index in [0.717, 1.165) is 43.4 Å². The number of amides is 4. The Morgan fingerprint density at radius 1 is 0.479 bits per heavy atom. The molecule has 2 fully saturated rings.